The molecule has 2 aromatic carbocycles. The van der Waals surface area contributed by atoms with Gasteiger partial charge in [0.2, 0.25) is 23.6 Å². The maximum atomic E-state index is 13.8. The van der Waals surface area contributed by atoms with Gasteiger partial charge in [0.05, 0.1) is 13.7 Å². The highest BCUT2D eigenvalue weighted by molar-refractivity contribution is 5.99. The molecule has 5 atom stereocenters. The van der Waals surface area contributed by atoms with Gasteiger partial charge in [0.1, 0.15) is 24.2 Å². The van der Waals surface area contributed by atoms with Gasteiger partial charge in [-0.15, -0.1) is 0 Å². The fraction of sp³-hybridized carbons (Fsp3) is 0.581. The minimum Gasteiger partial charge on any atom is -0.467 e. The number of benzene rings is 2. The average molecular weight is 795 g/mol. The Kier molecular flexibility index (Phi) is 20.4. The van der Waals surface area contributed by atoms with Gasteiger partial charge in [0, 0.05) is 12.0 Å². The van der Waals surface area contributed by atoms with Crippen LogP contribution in [0.2, 0.25) is 0 Å². The number of rotatable bonds is 23. The highest BCUT2D eigenvalue weighted by Crippen LogP contribution is 2.22. The molecular weight excluding hydrogens is 729 g/mol. The zero-order valence-corrected chi connectivity index (χ0v) is 35.3. The number of amides is 5. The average Bonchev–Trinajstić information content (AvgIpc) is 3.18. The zero-order valence-electron chi connectivity index (χ0n) is 35.3. The molecule has 0 bridgehead atoms. The molecule has 0 aliphatic heterocycles. The van der Waals surface area contributed by atoms with Crippen LogP contribution in [0, 0.1) is 5.92 Å². The SMILES string of the molecule is CCN(CC)CCCCC(NC(=O)C(CC(C)C)NC(=O)C(C)NC(=O)C(Cc1ccccc1)NC(=O)c1ccc(C(C)(C)C)cc1)C(=O)NC(CO)C(=O)OC. The number of methoxy groups -OCH3 is 1. The van der Waals surface area contributed by atoms with E-state index in [1.54, 1.807) is 12.1 Å². The molecule has 0 aliphatic rings. The number of carbonyl (C=O) groups is 6. The molecular formula is C43H66N6O8. The van der Waals surface area contributed by atoms with Crippen molar-refractivity contribution in [2.45, 2.75) is 123 Å². The molecule has 14 heteroatoms. The van der Waals surface area contributed by atoms with Crippen LogP contribution in [-0.4, -0.2) is 109 Å². The largest absolute Gasteiger partial charge is 0.467 e. The molecule has 0 fully saturated rings. The Morgan fingerprint density at radius 3 is 1.81 bits per heavy atom. The highest BCUT2D eigenvalue weighted by atomic mass is 16.5. The number of hydrogen-bond donors (Lipinski definition) is 6. The second-order valence-corrected chi connectivity index (χ2v) is 15.8. The number of unbranched alkanes of at least 4 members (excludes halogenated alkanes) is 1. The third kappa shape index (κ3) is 16.7. The summed E-state index contributed by atoms with van der Waals surface area (Å²) in [6.45, 7) is 17.4. The van der Waals surface area contributed by atoms with Crippen molar-refractivity contribution in [3.63, 3.8) is 0 Å². The first-order valence-corrected chi connectivity index (χ1v) is 20.0. The molecule has 0 aliphatic carbocycles. The molecule has 2 rings (SSSR count). The van der Waals surface area contributed by atoms with E-state index in [0.717, 1.165) is 44.3 Å². The molecule has 5 unspecified atom stereocenters. The van der Waals surface area contributed by atoms with Crippen LogP contribution in [0.15, 0.2) is 54.6 Å². The quantitative estimate of drug-likeness (QED) is 0.0725. The van der Waals surface area contributed by atoms with E-state index in [4.69, 9.17) is 0 Å². The normalized spacial score (nSPS) is 14.1. The molecule has 0 saturated carbocycles. The molecule has 0 heterocycles. The molecule has 0 spiro atoms. The molecule has 14 nitrogen and oxygen atoms in total. The summed E-state index contributed by atoms with van der Waals surface area (Å²) in [6, 6.07) is 10.8. The van der Waals surface area contributed by atoms with Crippen molar-refractivity contribution in [3.05, 3.63) is 71.3 Å². The van der Waals surface area contributed by atoms with E-state index >= 15 is 0 Å². The summed E-state index contributed by atoms with van der Waals surface area (Å²) in [5.41, 5.74) is 2.14. The van der Waals surface area contributed by atoms with E-state index in [0.29, 0.717) is 12.0 Å². The summed E-state index contributed by atoms with van der Waals surface area (Å²) in [5, 5.41) is 23.2. The summed E-state index contributed by atoms with van der Waals surface area (Å²) in [5.74, 6) is -3.85. The predicted molar refractivity (Wildman–Crippen MR) is 220 cm³/mol. The summed E-state index contributed by atoms with van der Waals surface area (Å²) < 4.78 is 4.68. The first-order valence-electron chi connectivity index (χ1n) is 20.0. The van der Waals surface area contributed by atoms with Crippen molar-refractivity contribution >= 4 is 35.5 Å². The van der Waals surface area contributed by atoms with Gasteiger partial charge < -0.3 is 41.3 Å². The van der Waals surface area contributed by atoms with Gasteiger partial charge in [-0.2, -0.15) is 0 Å². The number of aliphatic hydroxyl groups is 1. The third-order valence-electron chi connectivity index (χ3n) is 9.74. The minimum absolute atomic E-state index is 0.0479. The van der Waals surface area contributed by atoms with Crippen LogP contribution in [-0.2, 0) is 40.5 Å². The van der Waals surface area contributed by atoms with Crippen LogP contribution in [0.25, 0.3) is 0 Å². The van der Waals surface area contributed by atoms with Gasteiger partial charge >= 0.3 is 5.97 Å². The first kappa shape index (κ1) is 48.3. The van der Waals surface area contributed by atoms with E-state index in [-0.39, 0.29) is 30.6 Å². The Morgan fingerprint density at radius 2 is 1.26 bits per heavy atom. The Labute approximate surface area is 338 Å². The Morgan fingerprint density at radius 1 is 0.702 bits per heavy atom. The molecule has 5 amide bonds. The molecule has 0 saturated heterocycles. The lowest BCUT2D eigenvalue weighted by Crippen LogP contribution is -2.59. The van der Waals surface area contributed by atoms with Crippen molar-refractivity contribution in [3.8, 4) is 0 Å². The molecule has 0 aromatic heterocycles. The zero-order chi connectivity index (χ0) is 42.7. The Bertz CT molecular complexity index is 1590. The number of aliphatic hydroxyl groups excluding tert-OH is 1. The maximum Gasteiger partial charge on any atom is 0.330 e. The van der Waals surface area contributed by atoms with E-state index in [9.17, 15) is 33.9 Å². The highest BCUT2D eigenvalue weighted by Gasteiger charge is 2.32. The van der Waals surface area contributed by atoms with Gasteiger partial charge in [-0.1, -0.05) is 90.9 Å². The van der Waals surface area contributed by atoms with Gasteiger partial charge in [-0.05, 0) is 86.8 Å². The molecule has 6 N–H and O–H groups in total. The van der Waals surface area contributed by atoms with E-state index in [1.807, 2.05) is 56.3 Å². The van der Waals surface area contributed by atoms with Crippen molar-refractivity contribution in [2.24, 2.45) is 5.92 Å². The van der Waals surface area contributed by atoms with Crippen LogP contribution in [0.1, 0.15) is 103 Å². The standard InChI is InChI=1S/C43H66N6O8/c1-10-49(11-2)24-16-15-19-33(39(53)48-36(27-50)42(56)57-9)45-41(55)34(25-28(3)4)46-37(51)29(5)44-40(54)35(26-30-17-13-12-14-18-30)47-38(52)31-20-22-32(23-21-31)43(6,7)8/h12-14,17-18,20-23,28-29,33-36,50H,10-11,15-16,19,24-27H2,1-9H3,(H,44,54)(H,45,55)(H,46,51)(H,47,52)(H,48,53). The molecule has 2 aromatic rings. The van der Waals surface area contributed by atoms with Crippen LogP contribution in [0.4, 0.5) is 0 Å². The van der Waals surface area contributed by atoms with Crippen LogP contribution in [0.5, 0.6) is 0 Å². The molecule has 316 valence electrons. The second-order valence-electron chi connectivity index (χ2n) is 15.8. The summed E-state index contributed by atoms with van der Waals surface area (Å²) in [4.78, 5) is 82.3. The van der Waals surface area contributed by atoms with Crippen LogP contribution >= 0.6 is 0 Å². The maximum absolute atomic E-state index is 13.8. The summed E-state index contributed by atoms with van der Waals surface area (Å²) >= 11 is 0. The lowest BCUT2D eigenvalue weighted by molar-refractivity contribution is -0.146. The number of nitrogens with one attached hydrogen (secondary N) is 5. The number of nitrogens with zero attached hydrogens (tertiary/aromatic N) is 1. The van der Waals surface area contributed by atoms with E-state index in [1.165, 1.54) is 6.92 Å². The fourth-order valence-corrected chi connectivity index (χ4v) is 6.16. The minimum atomic E-state index is -1.32. The topological polar surface area (TPSA) is 195 Å². The van der Waals surface area contributed by atoms with Gasteiger partial charge in [0.25, 0.3) is 5.91 Å². The van der Waals surface area contributed by atoms with Crippen molar-refractivity contribution in [1.29, 1.82) is 0 Å². The number of ether oxygens (including phenoxy) is 1. The summed E-state index contributed by atoms with van der Waals surface area (Å²) in [6.07, 6.45) is 1.94. The van der Waals surface area contributed by atoms with Gasteiger partial charge in [0.15, 0.2) is 6.04 Å². The Hall–Kier alpha value is -4.82. The first-order chi connectivity index (χ1) is 26.9. The smallest absolute Gasteiger partial charge is 0.330 e. The van der Waals surface area contributed by atoms with E-state index < -0.39 is 72.3 Å². The summed E-state index contributed by atoms with van der Waals surface area (Å²) in [7, 11) is 1.14. The van der Waals surface area contributed by atoms with E-state index in [2.05, 4.69) is 70.8 Å². The lowest BCUT2D eigenvalue weighted by atomic mass is 9.86. The van der Waals surface area contributed by atoms with Gasteiger partial charge in [-0.3, -0.25) is 24.0 Å². The van der Waals surface area contributed by atoms with Crippen molar-refractivity contribution in [2.75, 3.05) is 33.4 Å². The predicted octanol–water partition coefficient (Wildman–Crippen LogP) is 3.01. The van der Waals surface area contributed by atoms with Crippen LogP contribution < -0.4 is 26.6 Å². The van der Waals surface area contributed by atoms with Crippen molar-refractivity contribution < 1.29 is 38.6 Å². The molecule has 0 radical (unpaired) electrons. The third-order valence-corrected chi connectivity index (χ3v) is 9.74. The number of carbonyl (C=O) groups excluding carboxylic acids is 6. The van der Waals surface area contributed by atoms with Gasteiger partial charge in [-0.25, -0.2) is 4.79 Å². The number of hydrogen-bond acceptors (Lipinski definition) is 9. The fourth-order valence-electron chi connectivity index (χ4n) is 6.16. The monoisotopic (exact) mass is 794 g/mol. The lowest BCUT2D eigenvalue weighted by Gasteiger charge is -2.27. The second kappa shape index (κ2) is 24.1. The number of esters is 1. The molecule has 57 heavy (non-hydrogen) atoms. The van der Waals surface area contributed by atoms with Crippen molar-refractivity contribution in [1.82, 2.24) is 31.5 Å². The van der Waals surface area contributed by atoms with Crippen LogP contribution in [0.3, 0.4) is 0 Å². The Balaban J connectivity index is 2.23.